The van der Waals surface area contributed by atoms with Crippen LogP contribution in [0.3, 0.4) is 0 Å². The summed E-state index contributed by atoms with van der Waals surface area (Å²) >= 11 is 1.99. The highest BCUT2D eigenvalue weighted by molar-refractivity contribution is 14.1. The largest absolute Gasteiger partial charge is 0.399 e. The highest BCUT2D eigenvalue weighted by Gasteiger charge is 2.33. The van der Waals surface area contributed by atoms with Crippen LogP contribution < -0.4 is 11.5 Å². The third kappa shape index (κ3) is 3.25. The molecule has 0 radical (unpaired) electrons. The highest BCUT2D eigenvalue weighted by atomic mass is 127. The number of halogens is 1. The molecule has 0 saturated heterocycles. The van der Waals surface area contributed by atoms with Gasteiger partial charge in [-0.2, -0.15) is 0 Å². The van der Waals surface area contributed by atoms with Gasteiger partial charge in [0.05, 0.1) is 0 Å². The number of hydrogen-bond donors (Lipinski definition) is 2. The Kier molecular flexibility index (Phi) is 5.52. The van der Waals surface area contributed by atoms with Crippen LogP contribution in [0.25, 0.3) is 0 Å². The van der Waals surface area contributed by atoms with Crippen molar-refractivity contribution in [2.75, 3.05) is 11.5 Å². The van der Waals surface area contributed by atoms with Gasteiger partial charge in [0, 0.05) is 16.9 Å². The van der Waals surface area contributed by atoms with Crippen LogP contribution in [0.1, 0.15) is 45.1 Å². The summed E-state index contributed by atoms with van der Waals surface area (Å²) in [6.45, 7) is 4.32. The van der Waals surface area contributed by atoms with E-state index in [1.807, 2.05) is 41.2 Å². The van der Waals surface area contributed by atoms with E-state index in [1.165, 1.54) is 0 Å². The molecule has 1 aromatic rings. The quantitative estimate of drug-likeness (QED) is 0.603. The fourth-order valence-electron chi connectivity index (χ4n) is 2.32. The second-order valence-corrected chi connectivity index (χ2v) is 4.86. The van der Waals surface area contributed by atoms with Crippen LogP contribution in [-0.4, -0.2) is 0 Å². The first-order valence-corrected chi connectivity index (χ1v) is 6.93. The van der Waals surface area contributed by atoms with E-state index in [-0.39, 0.29) is 5.60 Å². The summed E-state index contributed by atoms with van der Waals surface area (Å²) in [5.74, 6) is 0. The van der Waals surface area contributed by atoms with Gasteiger partial charge in [-0.1, -0.05) is 32.8 Å². The molecule has 0 aliphatic carbocycles. The van der Waals surface area contributed by atoms with Gasteiger partial charge in [-0.05, 0) is 25.0 Å². The highest BCUT2D eigenvalue weighted by Crippen LogP contribution is 2.40. The van der Waals surface area contributed by atoms with Crippen molar-refractivity contribution in [3.63, 3.8) is 0 Å². The van der Waals surface area contributed by atoms with Gasteiger partial charge < -0.3 is 14.5 Å². The Bertz CT molecular complexity index is 362. The molecule has 0 unspecified atom stereocenters. The van der Waals surface area contributed by atoms with Crippen molar-refractivity contribution >= 4 is 34.4 Å². The molecule has 1 rings (SSSR count). The molecule has 0 aliphatic rings. The molecule has 4 N–H and O–H groups in total. The van der Waals surface area contributed by atoms with E-state index in [0.29, 0.717) is 5.69 Å². The lowest BCUT2D eigenvalue weighted by atomic mass is 9.84. The first kappa shape index (κ1) is 14.6. The zero-order valence-corrected chi connectivity index (χ0v) is 12.7. The Morgan fingerprint density at radius 1 is 1.18 bits per heavy atom. The van der Waals surface area contributed by atoms with Gasteiger partial charge in [-0.25, -0.2) is 0 Å². The molecule has 0 amide bonds. The molecule has 0 aliphatic heterocycles. The van der Waals surface area contributed by atoms with Gasteiger partial charge in [-0.3, -0.25) is 0 Å². The minimum atomic E-state index is -0.276. The molecule has 0 fully saturated rings. The van der Waals surface area contributed by atoms with Crippen LogP contribution >= 0.6 is 23.0 Å². The number of hydrogen-bond acceptors (Lipinski definition) is 3. The average Bonchev–Trinajstić information content (AvgIpc) is 2.28. The third-order valence-corrected chi connectivity index (χ3v) is 3.86. The molecule has 17 heavy (non-hydrogen) atoms. The van der Waals surface area contributed by atoms with Crippen molar-refractivity contribution in [2.24, 2.45) is 0 Å². The Morgan fingerprint density at radius 3 is 2.18 bits per heavy atom. The van der Waals surface area contributed by atoms with Crippen molar-refractivity contribution in [3.05, 3.63) is 23.8 Å². The van der Waals surface area contributed by atoms with Gasteiger partial charge in [-0.15, -0.1) is 0 Å². The molecule has 0 aromatic heterocycles. The standard InChI is InChI=1S/C13H21IN2O/c1-3-7-13(17-14,8-4-2)11-6-5-10(15)9-12(11)16/h5-6,9H,3-4,7-8,15-16H2,1-2H3. The van der Waals surface area contributed by atoms with Gasteiger partial charge in [0.1, 0.15) is 28.6 Å². The summed E-state index contributed by atoms with van der Waals surface area (Å²) in [6, 6.07) is 5.70. The predicted octanol–water partition coefficient (Wildman–Crippen LogP) is 4.01. The smallest absolute Gasteiger partial charge is 0.110 e. The van der Waals surface area contributed by atoms with Crippen molar-refractivity contribution in [2.45, 2.75) is 45.1 Å². The SMILES string of the molecule is CCCC(CCC)(OI)c1ccc(N)cc1N. The summed E-state index contributed by atoms with van der Waals surface area (Å²) in [5, 5.41) is 0. The predicted molar refractivity (Wildman–Crippen MR) is 81.9 cm³/mol. The van der Waals surface area contributed by atoms with Gasteiger partial charge >= 0.3 is 0 Å². The summed E-state index contributed by atoms with van der Waals surface area (Å²) in [7, 11) is 0. The average molecular weight is 348 g/mol. The first-order valence-electron chi connectivity index (χ1n) is 6.05. The number of benzene rings is 1. The third-order valence-electron chi connectivity index (χ3n) is 3.02. The lowest BCUT2D eigenvalue weighted by Crippen LogP contribution is -2.27. The summed E-state index contributed by atoms with van der Waals surface area (Å²) in [4.78, 5) is 0. The molecule has 0 heterocycles. The lowest BCUT2D eigenvalue weighted by Gasteiger charge is -2.32. The fourth-order valence-corrected chi connectivity index (χ4v) is 2.99. The molecule has 0 spiro atoms. The molecule has 0 saturated carbocycles. The molecular weight excluding hydrogens is 327 g/mol. The van der Waals surface area contributed by atoms with E-state index in [2.05, 4.69) is 13.8 Å². The maximum absolute atomic E-state index is 6.08. The molecule has 3 nitrogen and oxygen atoms in total. The summed E-state index contributed by atoms with van der Waals surface area (Å²) < 4.78 is 5.77. The molecule has 1 aromatic carbocycles. The van der Waals surface area contributed by atoms with E-state index in [9.17, 15) is 0 Å². The second-order valence-electron chi connectivity index (χ2n) is 4.42. The Morgan fingerprint density at radius 2 is 1.76 bits per heavy atom. The second kappa shape index (κ2) is 6.44. The Labute approximate surface area is 118 Å². The number of rotatable bonds is 6. The molecule has 0 bridgehead atoms. The first-order chi connectivity index (χ1) is 8.09. The molecule has 4 heteroatoms. The molecule has 96 valence electrons. The summed E-state index contributed by atoms with van der Waals surface area (Å²) in [6.07, 6.45) is 4.06. The minimum absolute atomic E-state index is 0.276. The molecule has 0 atom stereocenters. The van der Waals surface area contributed by atoms with Crippen molar-refractivity contribution in [3.8, 4) is 0 Å². The normalized spacial score (nSPS) is 11.7. The van der Waals surface area contributed by atoms with Gasteiger partial charge in [0.25, 0.3) is 0 Å². The minimum Gasteiger partial charge on any atom is -0.399 e. The monoisotopic (exact) mass is 348 g/mol. The van der Waals surface area contributed by atoms with Crippen molar-refractivity contribution in [1.29, 1.82) is 0 Å². The van der Waals surface area contributed by atoms with Crippen molar-refractivity contribution < 1.29 is 3.07 Å². The number of anilines is 2. The maximum Gasteiger partial charge on any atom is 0.110 e. The van der Waals surface area contributed by atoms with E-state index < -0.39 is 0 Å². The van der Waals surface area contributed by atoms with E-state index in [1.54, 1.807) is 0 Å². The van der Waals surface area contributed by atoms with Gasteiger partial charge in [0.2, 0.25) is 0 Å². The van der Waals surface area contributed by atoms with E-state index in [4.69, 9.17) is 14.5 Å². The molecular formula is C13H21IN2O. The van der Waals surface area contributed by atoms with Crippen LogP contribution in [0.2, 0.25) is 0 Å². The maximum atomic E-state index is 6.08. The van der Waals surface area contributed by atoms with E-state index >= 15 is 0 Å². The Hall–Kier alpha value is -0.490. The zero-order chi connectivity index (χ0) is 12.9. The summed E-state index contributed by atoms with van der Waals surface area (Å²) in [5.41, 5.74) is 14.0. The van der Waals surface area contributed by atoms with Crippen LogP contribution in [0.4, 0.5) is 11.4 Å². The van der Waals surface area contributed by atoms with Gasteiger partial charge in [0.15, 0.2) is 0 Å². The zero-order valence-electron chi connectivity index (χ0n) is 10.5. The fraction of sp³-hybridized carbons (Fsp3) is 0.538. The topological polar surface area (TPSA) is 61.3 Å². The van der Waals surface area contributed by atoms with Crippen LogP contribution in [0.5, 0.6) is 0 Å². The van der Waals surface area contributed by atoms with Crippen molar-refractivity contribution in [1.82, 2.24) is 0 Å². The van der Waals surface area contributed by atoms with Crippen LogP contribution in [0, 0.1) is 0 Å². The lowest BCUT2D eigenvalue weighted by molar-refractivity contribution is 0.0992. The number of nitrogens with two attached hydrogens (primary N) is 2. The number of nitrogen functional groups attached to an aromatic ring is 2. The van der Waals surface area contributed by atoms with Crippen LogP contribution in [-0.2, 0) is 8.67 Å². The van der Waals surface area contributed by atoms with E-state index in [0.717, 1.165) is 36.9 Å². The van der Waals surface area contributed by atoms with Crippen LogP contribution in [0.15, 0.2) is 18.2 Å². The Balaban J connectivity index is 3.19.